The number of aryl methyl sites for hydroxylation is 1. The smallest absolute Gasteiger partial charge is 0.235 e. The van der Waals surface area contributed by atoms with Crippen LogP contribution in [0.3, 0.4) is 0 Å². The molecule has 0 saturated carbocycles. The maximum Gasteiger partial charge on any atom is 0.235 e. The molecule has 2 aromatic heterocycles. The van der Waals surface area contributed by atoms with Crippen molar-refractivity contribution in [2.24, 2.45) is 0 Å². The van der Waals surface area contributed by atoms with Crippen LogP contribution in [0, 0.1) is 6.92 Å². The van der Waals surface area contributed by atoms with E-state index in [4.69, 9.17) is 25.2 Å². The maximum absolute atomic E-state index is 13.2. The number of carbonyl (C=O) groups excluding carboxylic acids is 1. The molecular weight excluding hydrogens is 392 g/mol. The van der Waals surface area contributed by atoms with E-state index in [1.807, 2.05) is 13.0 Å². The minimum Gasteiger partial charge on any atom is -0.475 e. The first-order chi connectivity index (χ1) is 14.0. The van der Waals surface area contributed by atoms with Gasteiger partial charge in [0.1, 0.15) is 5.58 Å². The van der Waals surface area contributed by atoms with Crippen LogP contribution in [0.15, 0.2) is 74.5 Å². The van der Waals surface area contributed by atoms with Gasteiger partial charge in [0.15, 0.2) is 11.9 Å². The fourth-order valence-electron chi connectivity index (χ4n) is 3.04. The first-order valence-electron chi connectivity index (χ1n) is 9.02. The van der Waals surface area contributed by atoms with Crippen LogP contribution in [-0.2, 0) is 0 Å². The van der Waals surface area contributed by atoms with E-state index in [0.29, 0.717) is 21.9 Å². The van der Waals surface area contributed by atoms with E-state index in [0.717, 1.165) is 5.56 Å². The van der Waals surface area contributed by atoms with Gasteiger partial charge in [0.25, 0.3) is 0 Å². The van der Waals surface area contributed by atoms with Gasteiger partial charge < -0.3 is 13.6 Å². The number of halogens is 1. The number of hydrogen-bond acceptors (Lipinski definition) is 5. The molecule has 0 saturated heterocycles. The highest BCUT2D eigenvalue weighted by molar-refractivity contribution is 6.32. The normalized spacial score (nSPS) is 12.1. The van der Waals surface area contributed by atoms with Gasteiger partial charge in [-0.15, -0.1) is 0 Å². The molecule has 0 fully saturated rings. The van der Waals surface area contributed by atoms with Crippen LogP contribution in [0.5, 0.6) is 5.75 Å². The topological polar surface area (TPSA) is 69.7 Å². The molecule has 0 amide bonds. The molecule has 0 spiro atoms. The molecule has 2 aromatic carbocycles. The van der Waals surface area contributed by atoms with E-state index in [1.54, 1.807) is 55.5 Å². The third-order valence-corrected chi connectivity index (χ3v) is 5.00. The van der Waals surface area contributed by atoms with Gasteiger partial charge in [-0.3, -0.25) is 9.59 Å². The average Bonchev–Trinajstić information content (AvgIpc) is 3.26. The van der Waals surface area contributed by atoms with Gasteiger partial charge in [0, 0.05) is 10.6 Å². The fourth-order valence-corrected chi connectivity index (χ4v) is 3.21. The summed E-state index contributed by atoms with van der Waals surface area (Å²) in [5, 5.41) is 0.708. The summed E-state index contributed by atoms with van der Waals surface area (Å²) in [6, 6.07) is 15.3. The Hall–Kier alpha value is -3.31. The van der Waals surface area contributed by atoms with Crippen molar-refractivity contribution in [2.45, 2.75) is 20.0 Å². The predicted molar refractivity (Wildman–Crippen MR) is 111 cm³/mol. The predicted octanol–water partition coefficient (Wildman–Crippen LogP) is 5.67. The van der Waals surface area contributed by atoms with Crippen LogP contribution < -0.4 is 10.2 Å². The first-order valence-corrected chi connectivity index (χ1v) is 9.40. The van der Waals surface area contributed by atoms with Crippen molar-refractivity contribution in [1.29, 1.82) is 0 Å². The molecule has 0 unspecified atom stereocenters. The summed E-state index contributed by atoms with van der Waals surface area (Å²) in [7, 11) is 0. The molecule has 29 heavy (non-hydrogen) atoms. The van der Waals surface area contributed by atoms with Crippen LogP contribution in [0.25, 0.3) is 22.5 Å². The number of hydrogen-bond donors (Lipinski definition) is 0. The summed E-state index contributed by atoms with van der Waals surface area (Å²) < 4.78 is 17.2. The van der Waals surface area contributed by atoms with Gasteiger partial charge in [-0.1, -0.05) is 41.9 Å². The number of furan rings is 1. The van der Waals surface area contributed by atoms with E-state index >= 15 is 0 Å². The number of rotatable bonds is 5. The zero-order valence-corrected chi connectivity index (χ0v) is 16.5. The van der Waals surface area contributed by atoms with E-state index in [-0.39, 0.29) is 22.7 Å². The van der Waals surface area contributed by atoms with Crippen molar-refractivity contribution in [2.75, 3.05) is 0 Å². The monoisotopic (exact) mass is 408 g/mol. The molecule has 6 heteroatoms. The molecule has 146 valence electrons. The fraction of sp³-hybridized carbons (Fsp3) is 0.130. The minimum atomic E-state index is -0.910. The lowest BCUT2D eigenvalue weighted by Crippen LogP contribution is -2.26. The van der Waals surface area contributed by atoms with Gasteiger partial charge in [-0.05, 0) is 43.7 Å². The molecular formula is C23H17ClO5. The lowest BCUT2D eigenvalue weighted by atomic mass is 10.1. The van der Waals surface area contributed by atoms with Crippen LogP contribution in [-0.4, -0.2) is 11.9 Å². The Labute approximate surface area is 171 Å². The maximum atomic E-state index is 13.2. The molecule has 0 aliphatic carbocycles. The minimum absolute atomic E-state index is 0.0934. The quantitative estimate of drug-likeness (QED) is 0.398. The summed E-state index contributed by atoms with van der Waals surface area (Å²) in [5.41, 5.74) is 1.20. The number of Topliss-reactive ketones (excluding diaryl/α,β-unsaturated/α-hetero) is 1. The SMILES string of the molecule is Cc1cc2oc(-c3ccco3)c(O[C@H](C)C(=O)c3ccccc3)c(=O)c2cc1Cl. The zero-order chi connectivity index (χ0) is 20.5. The summed E-state index contributed by atoms with van der Waals surface area (Å²) in [5.74, 6) is 0.106. The molecule has 0 aliphatic heterocycles. The standard InChI is InChI=1S/C23H17ClO5/c1-13-11-19-16(12-17(13)24)21(26)23(22(29-19)18-9-6-10-27-18)28-14(2)20(25)15-7-4-3-5-8-15/h3-12,14H,1-2H3/t14-/m1/s1. The third-order valence-electron chi connectivity index (χ3n) is 4.60. The lowest BCUT2D eigenvalue weighted by molar-refractivity contribution is 0.0815. The van der Waals surface area contributed by atoms with Crippen molar-refractivity contribution in [3.63, 3.8) is 0 Å². The van der Waals surface area contributed by atoms with Gasteiger partial charge in [-0.25, -0.2) is 0 Å². The van der Waals surface area contributed by atoms with E-state index < -0.39 is 11.5 Å². The third kappa shape index (κ3) is 3.57. The molecule has 0 N–H and O–H groups in total. The van der Waals surface area contributed by atoms with Gasteiger partial charge in [-0.2, -0.15) is 0 Å². The molecule has 4 rings (SSSR count). The zero-order valence-electron chi connectivity index (χ0n) is 15.8. The Morgan fingerprint density at radius 1 is 1.10 bits per heavy atom. The summed E-state index contributed by atoms with van der Waals surface area (Å²) >= 11 is 6.19. The number of carbonyl (C=O) groups is 1. The van der Waals surface area contributed by atoms with Gasteiger partial charge in [0.2, 0.25) is 22.7 Å². The number of ether oxygens (including phenoxy) is 1. The van der Waals surface area contributed by atoms with Crippen LogP contribution in [0.1, 0.15) is 22.8 Å². The van der Waals surface area contributed by atoms with Crippen molar-refractivity contribution in [1.82, 2.24) is 0 Å². The Kier molecular flexibility index (Phi) is 4.99. The Morgan fingerprint density at radius 2 is 1.86 bits per heavy atom. The molecule has 0 radical (unpaired) electrons. The molecule has 2 heterocycles. The number of fused-ring (bicyclic) bond motifs is 1. The molecule has 0 aliphatic rings. The Balaban J connectivity index is 1.85. The number of ketones is 1. The van der Waals surface area contributed by atoms with Crippen molar-refractivity contribution < 1.29 is 18.4 Å². The van der Waals surface area contributed by atoms with E-state index in [9.17, 15) is 9.59 Å². The average molecular weight is 409 g/mol. The summed E-state index contributed by atoms with van der Waals surface area (Å²) in [6.45, 7) is 3.41. The highest BCUT2D eigenvalue weighted by Crippen LogP contribution is 2.33. The van der Waals surface area contributed by atoms with Crippen molar-refractivity contribution in [3.05, 3.63) is 87.2 Å². The highest BCUT2D eigenvalue weighted by atomic mass is 35.5. The van der Waals surface area contributed by atoms with Gasteiger partial charge in [0.05, 0.1) is 11.6 Å². The Morgan fingerprint density at radius 3 is 2.55 bits per heavy atom. The molecule has 4 aromatic rings. The van der Waals surface area contributed by atoms with E-state index in [1.165, 1.54) is 6.26 Å². The van der Waals surface area contributed by atoms with Crippen LogP contribution in [0.2, 0.25) is 5.02 Å². The molecule has 1 atom stereocenters. The summed E-state index contributed by atoms with van der Waals surface area (Å²) in [6.07, 6.45) is 0.557. The summed E-state index contributed by atoms with van der Waals surface area (Å²) in [4.78, 5) is 25.9. The second-order valence-corrected chi connectivity index (χ2v) is 7.06. The molecule has 0 bridgehead atoms. The van der Waals surface area contributed by atoms with Crippen LogP contribution >= 0.6 is 11.6 Å². The van der Waals surface area contributed by atoms with Crippen molar-refractivity contribution >= 4 is 28.4 Å². The number of benzene rings is 2. The second kappa shape index (κ2) is 7.60. The Bertz CT molecular complexity index is 1240. The largest absolute Gasteiger partial charge is 0.475 e. The second-order valence-electron chi connectivity index (χ2n) is 6.65. The van der Waals surface area contributed by atoms with Crippen molar-refractivity contribution in [3.8, 4) is 17.3 Å². The molecule has 5 nitrogen and oxygen atoms in total. The first kappa shape index (κ1) is 19.0. The van der Waals surface area contributed by atoms with Crippen LogP contribution in [0.4, 0.5) is 0 Å². The lowest BCUT2D eigenvalue weighted by Gasteiger charge is -2.16. The van der Waals surface area contributed by atoms with Gasteiger partial charge >= 0.3 is 0 Å². The highest BCUT2D eigenvalue weighted by Gasteiger charge is 2.25. The van der Waals surface area contributed by atoms with E-state index in [2.05, 4.69) is 0 Å².